The van der Waals surface area contributed by atoms with E-state index in [1.54, 1.807) is 13.1 Å². The van der Waals surface area contributed by atoms with E-state index in [0.717, 1.165) is 84.6 Å². The molecule has 0 amide bonds. The number of fused-ring (bicyclic) bond motifs is 2. The Kier molecular flexibility index (Phi) is 6.45. The van der Waals surface area contributed by atoms with Crippen molar-refractivity contribution < 1.29 is 4.79 Å². The topological polar surface area (TPSA) is 112 Å². The molecule has 0 spiro atoms. The van der Waals surface area contributed by atoms with E-state index in [2.05, 4.69) is 42.6 Å². The maximum absolute atomic E-state index is 11.8. The van der Waals surface area contributed by atoms with E-state index in [4.69, 9.17) is 4.98 Å². The van der Waals surface area contributed by atoms with Crippen molar-refractivity contribution in [3.05, 3.63) is 71.5 Å². The van der Waals surface area contributed by atoms with E-state index in [0.29, 0.717) is 0 Å². The van der Waals surface area contributed by atoms with Gasteiger partial charge in [0.15, 0.2) is 5.78 Å². The van der Waals surface area contributed by atoms with E-state index >= 15 is 0 Å². The van der Waals surface area contributed by atoms with Crippen molar-refractivity contribution in [1.29, 1.82) is 0 Å². The number of ketones is 1. The second kappa shape index (κ2) is 10.4. The summed E-state index contributed by atoms with van der Waals surface area (Å²) in [6.45, 7) is 3.46. The van der Waals surface area contributed by atoms with Crippen LogP contribution in [0, 0.1) is 5.92 Å². The van der Waals surface area contributed by atoms with Crippen LogP contribution in [-0.2, 0) is 6.54 Å². The Morgan fingerprint density at radius 1 is 1.05 bits per heavy atom. The van der Waals surface area contributed by atoms with Gasteiger partial charge in [0.2, 0.25) is 0 Å². The summed E-state index contributed by atoms with van der Waals surface area (Å²) in [6.07, 6.45) is 11.0. The van der Waals surface area contributed by atoms with Crippen molar-refractivity contribution in [2.45, 2.75) is 39.2 Å². The Balaban J connectivity index is 1.20. The van der Waals surface area contributed by atoms with Crippen LogP contribution >= 0.6 is 11.3 Å². The molecule has 9 heteroatoms. The van der Waals surface area contributed by atoms with Crippen LogP contribution in [0.5, 0.6) is 0 Å². The van der Waals surface area contributed by atoms with Crippen molar-refractivity contribution in [3.63, 3.8) is 0 Å². The third kappa shape index (κ3) is 4.71. The highest BCUT2D eigenvalue weighted by molar-refractivity contribution is 7.17. The summed E-state index contributed by atoms with van der Waals surface area (Å²) in [6, 6.07) is 14.0. The summed E-state index contributed by atoms with van der Waals surface area (Å²) >= 11 is 1.46. The fourth-order valence-electron chi connectivity index (χ4n) is 5.64. The monoisotopic (exact) mass is 547 g/mol. The van der Waals surface area contributed by atoms with Crippen LogP contribution in [0.1, 0.15) is 47.8 Å². The molecule has 1 saturated carbocycles. The molecule has 0 aliphatic heterocycles. The van der Waals surface area contributed by atoms with Gasteiger partial charge in [-0.2, -0.15) is 5.10 Å². The minimum absolute atomic E-state index is 0.0594. The van der Waals surface area contributed by atoms with E-state index in [1.807, 2.05) is 42.7 Å². The number of pyridine rings is 3. The number of Topliss-reactive ketones (excluding diaryl/α,β-unsaturated/α-hetero) is 1. The molecule has 0 bridgehead atoms. The van der Waals surface area contributed by atoms with Crippen molar-refractivity contribution in [2.24, 2.45) is 5.92 Å². The highest BCUT2D eigenvalue weighted by atomic mass is 32.1. The zero-order chi connectivity index (χ0) is 27.1. The van der Waals surface area contributed by atoms with Crippen LogP contribution in [0.4, 0.5) is 0 Å². The molecule has 8 nitrogen and oxygen atoms in total. The second-order valence-corrected chi connectivity index (χ2v) is 11.6. The maximum atomic E-state index is 11.8. The average Bonchev–Trinajstić information content (AvgIpc) is 3.78. The number of nitrogens with zero attached hydrogens (tertiary/aromatic N) is 4. The van der Waals surface area contributed by atoms with Gasteiger partial charge in [0, 0.05) is 41.6 Å². The van der Waals surface area contributed by atoms with Crippen LogP contribution in [0.2, 0.25) is 0 Å². The molecule has 0 aromatic carbocycles. The van der Waals surface area contributed by atoms with Crippen molar-refractivity contribution in [3.8, 4) is 33.2 Å². The first kappa shape index (κ1) is 24.8. The van der Waals surface area contributed by atoms with Gasteiger partial charge in [-0.05, 0) is 80.3 Å². The minimum Gasteiger partial charge on any atom is -0.353 e. The van der Waals surface area contributed by atoms with E-state index in [-0.39, 0.29) is 5.78 Å². The smallest absolute Gasteiger partial charge is 0.169 e. The van der Waals surface area contributed by atoms with E-state index in [1.165, 1.54) is 37.0 Å². The third-order valence-electron chi connectivity index (χ3n) is 7.72. The lowest BCUT2D eigenvalue weighted by atomic mass is 10.1. The summed E-state index contributed by atoms with van der Waals surface area (Å²) < 4.78 is 0. The van der Waals surface area contributed by atoms with Crippen molar-refractivity contribution in [1.82, 2.24) is 35.5 Å². The molecular formula is C31H29N7OS. The fourth-order valence-corrected chi connectivity index (χ4v) is 6.55. The largest absolute Gasteiger partial charge is 0.353 e. The number of rotatable bonds is 8. The first-order valence-electron chi connectivity index (χ1n) is 13.7. The molecule has 0 radical (unpaired) electrons. The standard InChI is InChI=1S/C31H29N7OS/c1-18(39)27-8-9-28(40-27)29-22-13-26(35-24(22)10-11-34-29)31-30-25(37-38-31)7-6-23(36-30)21-12-20(16-33-17-21)15-32-14-19-4-2-3-5-19/h6-13,16-17,19,32,35H,2-5,14-15H2,1H3,(H,37,38). The summed E-state index contributed by atoms with van der Waals surface area (Å²) in [5.74, 6) is 0.865. The highest BCUT2D eigenvalue weighted by Gasteiger charge is 2.18. The molecule has 200 valence electrons. The molecule has 40 heavy (non-hydrogen) atoms. The number of carbonyl (C=O) groups excluding carboxylic acids is 1. The van der Waals surface area contributed by atoms with Crippen LogP contribution < -0.4 is 5.32 Å². The van der Waals surface area contributed by atoms with Gasteiger partial charge >= 0.3 is 0 Å². The molecule has 0 atom stereocenters. The molecule has 0 saturated heterocycles. The molecule has 0 unspecified atom stereocenters. The summed E-state index contributed by atoms with van der Waals surface area (Å²) in [7, 11) is 0. The Morgan fingerprint density at radius 2 is 1.95 bits per heavy atom. The molecule has 1 aliphatic carbocycles. The molecule has 6 heterocycles. The van der Waals surface area contributed by atoms with Gasteiger partial charge in [0.1, 0.15) is 11.2 Å². The number of thiophene rings is 1. The normalized spacial score (nSPS) is 14.0. The maximum Gasteiger partial charge on any atom is 0.169 e. The molecular weight excluding hydrogens is 518 g/mol. The van der Waals surface area contributed by atoms with E-state index in [9.17, 15) is 4.79 Å². The zero-order valence-electron chi connectivity index (χ0n) is 22.2. The van der Waals surface area contributed by atoms with Gasteiger partial charge in [-0.3, -0.25) is 19.9 Å². The predicted octanol–water partition coefficient (Wildman–Crippen LogP) is 6.77. The first-order valence-corrected chi connectivity index (χ1v) is 14.5. The van der Waals surface area contributed by atoms with Crippen LogP contribution in [-0.4, -0.2) is 42.5 Å². The Bertz CT molecular complexity index is 1840. The van der Waals surface area contributed by atoms with Crippen molar-refractivity contribution in [2.75, 3.05) is 6.54 Å². The van der Waals surface area contributed by atoms with Gasteiger partial charge in [-0.1, -0.05) is 12.8 Å². The number of nitrogens with one attached hydrogen (secondary N) is 3. The Morgan fingerprint density at radius 3 is 2.80 bits per heavy atom. The number of hydrogen-bond acceptors (Lipinski definition) is 7. The quantitative estimate of drug-likeness (QED) is 0.181. The van der Waals surface area contributed by atoms with Crippen LogP contribution in [0.3, 0.4) is 0 Å². The SMILES string of the molecule is CC(=O)c1ccc(-c2nccc3[nH]c(-c4n[nH]c5ccc(-c6cncc(CNCC7CCCC7)c6)nc45)cc23)s1. The lowest BCUT2D eigenvalue weighted by molar-refractivity contribution is 0.102. The van der Waals surface area contributed by atoms with Crippen LogP contribution in [0.15, 0.2) is 61.1 Å². The van der Waals surface area contributed by atoms with Crippen LogP contribution in [0.25, 0.3) is 55.2 Å². The average molecular weight is 548 g/mol. The molecule has 6 aromatic rings. The van der Waals surface area contributed by atoms with Crippen molar-refractivity contribution >= 4 is 39.1 Å². The predicted molar refractivity (Wildman–Crippen MR) is 159 cm³/mol. The second-order valence-electron chi connectivity index (χ2n) is 10.6. The third-order valence-corrected chi connectivity index (χ3v) is 8.92. The lowest BCUT2D eigenvalue weighted by Gasteiger charge is -2.11. The zero-order valence-corrected chi connectivity index (χ0v) is 23.0. The first-order chi connectivity index (χ1) is 19.6. The summed E-state index contributed by atoms with van der Waals surface area (Å²) in [4.78, 5) is 31.2. The summed E-state index contributed by atoms with van der Waals surface area (Å²) in [5.41, 5.74) is 8.04. The molecule has 7 rings (SSSR count). The molecule has 1 aliphatic rings. The summed E-state index contributed by atoms with van der Waals surface area (Å²) in [5, 5.41) is 12.3. The number of hydrogen-bond donors (Lipinski definition) is 3. The van der Waals surface area contributed by atoms with Gasteiger partial charge in [0.05, 0.1) is 32.4 Å². The Labute approximate surface area is 235 Å². The fraction of sp³-hybridized carbons (Fsp3) is 0.258. The number of aromatic nitrogens is 6. The van der Waals surface area contributed by atoms with Gasteiger partial charge in [-0.25, -0.2) is 4.98 Å². The highest BCUT2D eigenvalue weighted by Crippen LogP contribution is 2.35. The lowest BCUT2D eigenvalue weighted by Crippen LogP contribution is -2.20. The number of H-pyrrole nitrogens is 2. The van der Waals surface area contributed by atoms with Gasteiger partial charge in [-0.15, -0.1) is 11.3 Å². The van der Waals surface area contributed by atoms with E-state index < -0.39 is 0 Å². The number of carbonyl (C=O) groups is 1. The molecule has 3 N–H and O–H groups in total. The van der Waals surface area contributed by atoms with Gasteiger partial charge in [0.25, 0.3) is 0 Å². The Hall–Kier alpha value is -4.21. The minimum atomic E-state index is 0.0594. The molecule has 6 aromatic heterocycles. The number of aromatic amines is 2. The van der Waals surface area contributed by atoms with Gasteiger partial charge < -0.3 is 10.3 Å². The molecule has 1 fully saturated rings.